The fourth-order valence-corrected chi connectivity index (χ4v) is 5.14. The van der Waals surface area contributed by atoms with Gasteiger partial charge in [-0.25, -0.2) is 13.2 Å². The summed E-state index contributed by atoms with van der Waals surface area (Å²) in [7, 11) is -3.68. The summed E-state index contributed by atoms with van der Waals surface area (Å²) >= 11 is 0. The average Bonchev–Trinajstić information content (AvgIpc) is 2.74. The Labute approximate surface area is 171 Å². The first-order valence-corrected chi connectivity index (χ1v) is 11.2. The van der Waals surface area contributed by atoms with E-state index in [1.807, 2.05) is 0 Å². The Kier molecular flexibility index (Phi) is 6.49. The molecule has 154 valence electrons. The fraction of sp³-hybridized carbons (Fsp3) is 0.364. The SMILES string of the molecule is Cc1ccc(C(=O)OC(C)C(=O)c2ccccc2)cc1S(=O)(=O)N1CCCCC1. The molecule has 6 nitrogen and oxygen atoms in total. The number of hydrogen-bond acceptors (Lipinski definition) is 5. The van der Waals surface area contributed by atoms with Gasteiger partial charge in [-0.3, -0.25) is 4.79 Å². The Morgan fingerprint density at radius 2 is 1.62 bits per heavy atom. The standard InChI is InChI=1S/C22H25NO5S/c1-16-11-12-19(15-20(16)29(26,27)23-13-7-4-8-14-23)22(25)28-17(2)21(24)18-9-5-3-6-10-18/h3,5-6,9-12,15,17H,4,7-8,13-14H2,1-2H3. The van der Waals surface area contributed by atoms with E-state index in [0.29, 0.717) is 24.2 Å². The summed E-state index contributed by atoms with van der Waals surface area (Å²) in [6.45, 7) is 4.18. The number of rotatable bonds is 6. The van der Waals surface area contributed by atoms with E-state index >= 15 is 0 Å². The van der Waals surface area contributed by atoms with E-state index in [2.05, 4.69) is 0 Å². The molecule has 0 saturated carbocycles. The number of nitrogens with zero attached hydrogens (tertiary/aromatic N) is 1. The first-order valence-electron chi connectivity index (χ1n) is 9.72. The molecule has 0 spiro atoms. The normalized spacial score (nSPS) is 16.2. The molecule has 2 aromatic carbocycles. The highest BCUT2D eigenvalue weighted by molar-refractivity contribution is 7.89. The number of aryl methyl sites for hydroxylation is 1. The van der Waals surface area contributed by atoms with Crippen LogP contribution in [0.1, 0.15) is 52.5 Å². The highest BCUT2D eigenvalue weighted by atomic mass is 32.2. The van der Waals surface area contributed by atoms with Gasteiger partial charge in [-0.15, -0.1) is 0 Å². The van der Waals surface area contributed by atoms with Crippen molar-refractivity contribution in [2.24, 2.45) is 0 Å². The van der Waals surface area contributed by atoms with E-state index in [0.717, 1.165) is 19.3 Å². The van der Waals surface area contributed by atoms with E-state index < -0.39 is 22.1 Å². The number of hydrogen-bond donors (Lipinski definition) is 0. The lowest BCUT2D eigenvalue weighted by atomic mass is 10.1. The summed E-state index contributed by atoms with van der Waals surface area (Å²) in [5.74, 6) is -1.04. The second-order valence-electron chi connectivity index (χ2n) is 7.22. The summed E-state index contributed by atoms with van der Waals surface area (Å²) in [6, 6.07) is 13.0. The number of carbonyl (C=O) groups is 2. The molecule has 1 aliphatic heterocycles. The smallest absolute Gasteiger partial charge is 0.338 e. The summed E-state index contributed by atoms with van der Waals surface area (Å²) in [6.07, 6.45) is 1.71. The van der Waals surface area contributed by atoms with Crippen molar-refractivity contribution in [3.63, 3.8) is 0 Å². The Morgan fingerprint density at radius 3 is 2.28 bits per heavy atom. The van der Waals surface area contributed by atoms with Gasteiger partial charge in [0.15, 0.2) is 6.10 Å². The quantitative estimate of drug-likeness (QED) is 0.532. The molecule has 3 rings (SSSR count). The van der Waals surface area contributed by atoms with Crippen LogP contribution >= 0.6 is 0 Å². The van der Waals surface area contributed by atoms with Crippen molar-refractivity contribution in [3.05, 3.63) is 65.2 Å². The Morgan fingerprint density at radius 1 is 0.966 bits per heavy atom. The maximum absolute atomic E-state index is 13.0. The van der Waals surface area contributed by atoms with E-state index in [1.165, 1.54) is 23.4 Å². The van der Waals surface area contributed by atoms with E-state index in [9.17, 15) is 18.0 Å². The first kappa shape index (κ1) is 21.2. The van der Waals surface area contributed by atoms with Crippen LogP contribution in [0.3, 0.4) is 0 Å². The van der Waals surface area contributed by atoms with Crippen molar-refractivity contribution in [3.8, 4) is 0 Å². The third kappa shape index (κ3) is 4.74. The van der Waals surface area contributed by atoms with Crippen LogP contribution < -0.4 is 0 Å². The maximum atomic E-state index is 13.0. The monoisotopic (exact) mass is 415 g/mol. The lowest BCUT2D eigenvalue weighted by Gasteiger charge is -2.26. The number of sulfonamides is 1. The number of carbonyl (C=O) groups excluding carboxylic acids is 2. The molecule has 1 atom stereocenters. The van der Waals surface area contributed by atoms with Gasteiger partial charge in [0.05, 0.1) is 10.5 Å². The number of piperidine rings is 1. The molecule has 2 aromatic rings. The lowest BCUT2D eigenvalue weighted by molar-refractivity contribution is 0.0318. The van der Waals surface area contributed by atoms with Crippen molar-refractivity contribution in [1.29, 1.82) is 0 Å². The topological polar surface area (TPSA) is 80.8 Å². The molecule has 0 aromatic heterocycles. The minimum absolute atomic E-state index is 0.107. The predicted molar refractivity (Wildman–Crippen MR) is 109 cm³/mol. The van der Waals surface area contributed by atoms with E-state index in [-0.39, 0.29) is 16.2 Å². The van der Waals surface area contributed by atoms with Crippen LogP contribution in [0.4, 0.5) is 0 Å². The van der Waals surface area contributed by atoms with Gasteiger partial charge >= 0.3 is 5.97 Å². The van der Waals surface area contributed by atoms with Gasteiger partial charge in [0, 0.05) is 18.7 Å². The van der Waals surface area contributed by atoms with Crippen LogP contribution in [0.25, 0.3) is 0 Å². The summed E-state index contributed by atoms with van der Waals surface area (Å²) < 4.78 is 32.8. The molecule has 7 heteroatoms. The van der Waals surface area contributed by atoms with Gasteiger partial charge < -0.3 is 4.74 Å². The Bertz CT molecular complexity index is 995. The van der Waals surface area contributed by atoms with Crippen LogP contribution in [-0.2, 0) is 14.8 Å². The minimum atomic E-state index is -3.68. The lowest BCUT2D eigenvalue weighted by Crippen LogP contribution is -2.36. The Balaban J connectivity index is 1.80. The average molecular weight is 416 g/mol. The van der Waals surface area contributed by atoms with Gasteiger partial charge in [-0.2, -0.15) is 4.31 Å². The third-order valence-electron chi connectivity index (χ3n) is 5.07. The van der Waals surface area contributed by atoms with Crippen molar-refractivity contribution in [2.75, 3.05) is 13.1 Å². The van der Waals surface area contributed by atoms with Gasteiger partial charge in [0.25, 0.3) is 0 Å². The fourth-order valence-electron chi connectivity index (χ4n) is 3.37. The number of esters is 1. The van der Waals surface area contributed by atoms with Crippen molar-refractivity contribution in [1.82, 2.24) is 4.31 Å². The molecule has 1 saturated heterocycles. The molecule has 0 aliphatic carbocycles. The molecule has 1 unspecified atom stereocenters. The van der Waals surface area contributed by atoms with Gasteiger partial charge in [-0.05, 0) is 44.4 Å². The molecule has 1 aliphatic rings. The highest BCUT2D eigenvalue weighted by Crippen LogP contribution is 2.25. The zero-order valence-electron chi connectivity index (χ0n) is 16.6. The summed E-state index contributed by atoms with van der Waals surface area (Å²) in [5, 5.41) is 0. The number of ether oxygens (including phenoxy) is 1. The second kappa shape index (κ2) is 8.88. The van der Waals surface area contributed by atoms with Crippen molar-refractivity contribution < 1.29 is 22.7 Å². The third-order valence-corrected chi connectivity index (χ3v) is 7.11. The maximum Gasteiger partial charge on any atom is 0.338 e. The van der Waals surface area contributed by atoms with Crippen LogP contribution in [0.2, 0.25) is 0 Å². The van der Waals surface area contributed by atoms with Crippen molar-refractivity contribution >= 4 is 21.8 Å². The molecule has 29 heavy (non-hydrogen) atoms. The van der Waals surface area contributed by atoms with Gasteiger partial charge in [0.1, 0.15) is 0 Å². The number of benzene rings is 2. The van der Waals surface area contributed by atoms with Gasteiger partial charge in [0.2, 0.25) is 15.8 Å². The van der Waals surface area contributed by atoms with Crippen LogP contribution in [0.5, 0.6) is 0 Å². The molecular weight excluding hydrogens is 390 g/mol. The zero-order valence-corrected chi connectivity index (χ0v) is 17.4. The first-order chi connectivity index (χ1) is 13.8. The van der Waals surface area contributed by atoms with Crippen LogP contribution in [-0.4, -0.2) is 43.7 Å². The molecule has 1 heterocycles. The second-order valence-corrected chi connectivity index (χ2v) is 9.13. The minimum Gasteiger partial charge on any atom is -0.451 e. The highest BCUT2D eigenvalue weighted by Gasteiger charge is 2.29. The molecule has 0 radical (unpaired) electrons. The molecule has 0 bridgehead atoms. The molecule has 1 fully saturated rings. The predicted octanol–water partition coefficient (Wildman–Crippen LogP) is 3.60. The molecule has 0 N–H and O–H groups in total. The molecular formula is C22H25NO5S. The summed E-state index contributed by atoms with van der Waals surface area (Å²) in [4.78, 5) is 25.1. The largest absolute Gasteiger partial charge is 0.451 e. The number of ketones is 1. The summed E-state index contributed by atoms with van der Waals surface area (Å²) in [5.41, 5.74) is 1.13. The van der Waals surface area contributed by atoms with Crippen molar-refractivity contribution in [2.45, 2.75) is 44.1 Å². The van der Waals surface area contributed by atoms with Crippen LogP contribution in [0.15, 0.2) is 53.4 Å². The van der Waals surface area contributed by atoms with Gasteiger partial charge in [-0.1, -0.05) is 42.8 Å². The zero-order chi connectivity index (χ0) is 21.0. The van der Waals surface area contributed by atoms with E-state index in [4.69, 9.17) is 4.74 Å². The Hall–Kier alpha value is -2.51. The van der Waals surface area contributed by atoms with E-state index in [1.54, 1.807) is 43.3 Å². The van der Waals surface area contributed by atoms with Crippen LogP contribution in [0, 0.1) is 6.92 Å². The number of Topliss-reactive ketones (excluding diaryl/α,β-unsaturated/α-hetero) is 1. The molecule has 0 amide bonds.